The van der Waals surface area contributed by atoms with Crippen LogP contribution in [0, 0.1) is 25.2 Å². The third-order valence-corrected chi connectivity index (χ3v) is 10.1. The van der Waals surface area contributed by atoms with Crippen molar-refractivity contribution in [1.29, 1.82) is 5.26 Å². The molecule has 0 spiro atoms. The number of benzene rings is 2. The van der Waals surface area contributed by atoms with Gasteiger partial charge in [0, 0.05) is 54.2 Å². The summed E-state index contributed by atoms with van der Waals surface area (Å²) in [6.07, 6.45) is 1.10. The highest BCUT2D eigenvalue weighted by molar-refractivity contribution is 5.87. The van der Waals surface area contributed by atoms with E-state index in [0.717, 1.165) is 16.7 Å². The number of phenols is 1. The molecule has 4 aliphatic heterocycles. The van der Waals surface area contributed by atoms with Crippen molar-refractivity contribution in [2.75, 3.05) is 27.5 Å². The van der Waals surface area contributed by atoms with E-state index in [4.69, 9.17) is 18.9 Å². The molecule has 13 heteroatoms. The summed E-state index contributed by atoms with van der Waals surface area (Å²) in [5, 5.41) is 28.2. The molecule has 2 aromatic carbocycles. The first-order valence-electron chi connectivity index (χ1n) is 15.9. The number of aromatic hydroxyl groups is 1. The lowest BCUT2D eigenvalue weighted by Gasteiger charge is -2.60. The van der Waals surface area contributed by atoms with Crippen molar-refractivity contribution in [2.45, 2.75) is 90.1 Å². The lowest BCUT2D eigenvalue weighted by molar-refractivity contribution is -0.132. The number of hydrogen-bond acceptors (Lipinski definition) is 11. The van der Waals surface area contributed by atoms with E-state index in [2.05, 4.69) is 26.5 Å². The Morgan fingerprint density at radius 1 is 1.15 bits per heavy atom. The van der Waals surface area contributed by atoms with Crippen LogP contribution in [-0.4, -0.2) is 84.4 Å². The Morgan fingerprint density at radius 2 is 1.87 bits per heavy atom. The SMILES string of the molecule is CCC(=O)N[C@@H](C)C(=O)NC[C@H]1c2c(c(OC(C)=O)c(C)c3c2OCO3)CC2[C@H]3c4c(cc(C)c(OC)c4O)C[C@@H]([C@H](C#N)N21)N3C. The van der Waals surface area contributed by atoms with Gasteiger partial charge in [-0.3, -0.25) is 24.2 Å². The monoisotopic (exact) mass is 647 g/mol. The van der Waals surface area contributed by atoms with Gasteiger partial charge in [-0.15, -0.1) is 0 Å². The van der Waals surface area contributed by atoms with Gasteiger partial charge in [0.15, 0.2) is 23.0 Å². The quantitative estimate of drug-likeness (QED) is 0.299. The fourth-order valence-corrected chi connectivity index (χ4v) is 8.07. The van der Waals surface area contributed by atoms with E-state index in [1.807, 2.05) is 27.0 Å². The van der Waals surface area contributed by atoms with E-state index >= 15 is 0 Å². The molecule has 0 aromatic heterocycles. The smallest absolute Gasteiger partial charge is 0.308 e. The van der Waals surface area contributed by atoms with Gasteiger partial charge in [0.05, 0.1) is 25.3 Å². The number of nitrogens with one attached hydrogen (secondary N) is 2. The number of phenolic OH excluding ortho intramolecular Hbond substituents is 1. The largest absolute Gasteiger partial charge is 0.504 e. The van der Waals surface area contributed by atoms with Gasteiger partial charge >= 0.3 is 5.97 Å². The number of likely N-dealkylation sites (N-methyl/N-ethyl adjacent to an activating group) is 1. The minimum absolute atomic E-state index is 0.0369. The summed E-state index contributed by atoms with van der Waals surface area (Å²) in [5.41, 5.74) is 4.48. The zero-order valence-electron chi connectivity index (χ0n) is 27.7. The summed E-state index contributed by atoms with van der Waals surface area (Å²) < 4.78 is 23.4. The van der Waals surface area contributed by atoms with Crippen LogP contribution in [0.3, 0.4) is 0 Å². The van der Waals surface area contributed by atoms with Crippen LogP contribution in [0.2, 0.25) is 0 Å². The third-order valence-electron chi connectivity index (χ3n) is 10.1. The first kappa shape index (κ1) is 32.4. The lowest BCUT2D eigenvalue weighted by Crippen LogP contribution is -2.69. The molecule has 3 N–H and O–H groups in total. The van der Waals surface area contributed by atoms with Crippen LogP contribution in [0.1, 0.15) is 72.7 Å². The molecular formula is C34H41N5O8. The molecule has 4 aliphatic rings. The van der Waals surface area contributed by atoms with E-state index in [1.165, 1.54) is 14.0 Å². The predicted octanol–water partition coefficient (Wildman–Crippen LogP) is 2.47. The van der Waals surface area contributed by atoms with Crippen LogP contribution in [0.25, 0.3) is 0 Å². The number of nitriles is 1. The number of amides is 2. The fraction of sp³-hybridized carbons (Fsp3) is 0.529. The number of esters is 1. The molecule has 0 radical (unpaired) electrons. The van der Waals surface area contributed by atoms with Crippen LogP contribution in [0.5, 0.6) is 28.7 Å². The highest BCUT2D eigenvalue weighted by Crippen LogP contribution is 2.58. The van der Waals surface area contributed by atoms with E-state index in [-0.39, 0.29) is 49.4 Å². The Balaban J connectivity index is 1.55. The molecule has 250 valence electrons. The Kier molecular flexibility index (Phi) is 8.44. The van der Waals surface area contributed by atoms with Crippen molar-refractivity contribution in [3.05, 3.63) is 39.4 Å². The van der Waals surface area contributed by atoms with Crippen LogP contribution >= 0.6 is 0 Å². The summed E-state index contributed by atoms with van der Waals surface area (Å²) in [6, 6.07) is 1.54. The number of nitrogens with zero attached hydrogens (tertiary/aromatic N) is 3. The molecule has 1 unspecified atom stereocenters. The minimum Gasteiger partial charge on any atom is -0.504 e. The average molecular weight is 648 g/mol. The maximum absolute atomic E-state index is 13.3. The number of fused-ring (bicyclic) bond motifs is 9. The van der Waals surface area contributed by atoms with Gasteiger partial charge < -0.3 is 34.7 Å². The van der Waals surface area contributed by atoms with Crippen molar-refractivity contribution in [1.82, 2.24) is 20.4 Å². The van der Waals surface area contributed by atoms with Crippen molar-refractivity contribution in [2.24, 2.45) is 0 Å². The fourth-order valence-electron chi connectivity index (χ4n) is 8.07. The van der Waals surface area contributed by atoms with E-state index in [0.29, 0.717) is 52.5 Å². The zero-order valence-corrected chi connectivity index (χ0v) is 27.7. The highest BCUT2D eigenvalue weighted by Gasteiger charge is 2.57. The molecule has 2 amide bonds. The summed E-state index contributed by atoms with van der Waals surface area (Å²) in [4.78, 5) is 42.1. The molecule has 1 fully saturated rings. The second kappa shape index (κ2) is 12.2. The number of hydrogen-bond donors (Lipinski definition) is 3. The first-order chi connectivity index (χ1) is 22.4. The summed E-state index contributed by atoms with van der Waals surface area (Å²) in [7, 11) is 3.49. The second-order valence-corrected chi connectivity index (χ2v) is 12.7. The predicted molar refractivity (Wildman–Crippen MR) is 168 cm³/mol. The maximum Gasteiger partial charge on any atom is 0.308 e. The molecule has 0 saturated carbocycles. The van der Waals surface area contributed by atoms with Crippen LogP contribution in [0.15, 0.2) is 6.07 Å². The first-order valence-corrected chi connectivity index (χ1v) is 15.9. The Hall–Kier alpha value is -4.54. The minimum atomic E-state index is -0.792. The molecule has 2 bridgehead atoms. The van der Waals surface area contributed by atoms with Gasteiger partial charge in [0.1, 0.15) is 17.8 Å². The molecule has 6 atom stereocenters. The standard InChI is InChI=1S/C34H41N5O8/c1-8-25(41)37-17(4)34(43)36-13-24-27-20(31(47-18(5)40)16(3)32-33(27)46-14-45-32)11-22-28-26-19(9-15(2)30(44-7)29(26)42)10-21(38(28)6)23(12-35)39(22)24/h9,17,21-24,28,42H,8,10-11,13-14H2,1-7H3,(H,36,43)(H,37,41)/t17-,21-,22?,23-,24-,28-/m0/s1. The number of methoxy groups -OCH3 is 1. The van der Waals surface area contributed by atoms with E-state index in [9.17, 15) is 24.8 Å². The highest BCUT2D eigenvalue weighted by atomic mass is 16.7. The molecule has 1 saturated heterocycles. The maximum atomic E-state index is 13.3. The lowest BCUT2D eigenvalue weighted by atomic mass is 9.71. The van der Waals surface area contributed by atoms with Gasteiger partial charge in [-0.25, -0.2) is 0 Å². The average Bonchev–Trinajstić information content (AvgIpc) is 3.52. The number of piperazine rings is 1. The van der Waals surface area contributed by atoms with Crippen molar-refractivity contribution in [3.63, 3.8) is 0 Å². The van der Waals surface area contributed by atoms with Crippen molar-refractivity contribution >= 4 is 17.8 Å². The summed E-state index contributed by atoms with van der Waals surface area (Å²) in [5.74, 6) is 0.613. The number of rotatable bonds is 7. The summed E-state index contributed by atoms with van der Waals surface area (Å²) >= 11 is 0. The number of ether oxygens (including phenoxy) is 4. The summed E-state index contributed by atoms with van der Waals surface area (Å²) in [6.45, 7) is 8.38. The molecule has 47 heavy (non-hydrogen) atoms. The van der Waals surface area contributed by atoms with Gasteiger partial charge in [-0.2, -0.15) is 5.26 Å². The second-order valence-electron chi connectivity index (χ2n) is 12.7. The zero-order chi connectivity index (χ0) is 33.9. The molecule has 13 nitrogen and oxygen atoms in total. The van der Waals surface area contributed by atoms with Crippen LogP contribution in [0.4, 0.5) is 0 Å². The topological polar surface area (TPSA) is 163 Å². The van der Waals surface area contributed by atoms with Gasteiger partial charge in [0.25, 0.3) is 0 Å². The van der Waals surface area contributed by atoms with Crippen LogP contribution < -0.4 is 29.6 Å². The van der Waals surface area contributed by atoms with Gasteiger partial charge in [0.2, 0.25) is 18.6 Å². The van der Waals surface area contributed by atoms with Crippen molar-refractivity contribution < 1.29 is 38.4 Å². The third kappa shape index (κ3) is 5.10. The number of carbonyl (C=O) groups excluding carboxylic acids is 3. The normalized spacial score (nSPS) is 24.6. The molecular weight excluding hydrogens is 606 g/mol. The molecule has 6 rings (SSSR count). The Bertz CT molecular complexity index is 1700. The van der Waals surface area contributed by atoms with Crippen LogP contribution in [-0.2, 0) is 27.2 Å². The van der Waals surface area contributed by atoms with Crippen molar-refractivity contribution in [3.8, 4) is 34.8 Å². The number of aryl methyl sites for hydroxylation is 1. The Labute approximate surface area is 273 Å². The van der Waals surface area contributed by atoms with Gasteiger partial charge in [-0.05, 0) is 51.8 Å². The van der Waals surface area contributed by atoms with E-state index < -0.39 is 30.1 Å². The molecule has 2 aromatic rings. The molecule has 4 heterocycles. The van der Waals surface area contributed by atoms with Gasteiger partial charge in [-0.1, -0.05) is 13.0 Å². The number of carbonyl (C=O) groups is 3. The Morgan fingerprint density at radius 3 is 2.53 bits per heavy atom. The molecule has 0 aliphatic carbocycles. The van der Waals surface area contributed by atoms with E-state index in [1.54, 1.807) is 13.8 Å².